The van der Waals surface area contributed by atoms with E-state index in [1.165, 1.54) is 6.92 Å². The predicted molar refractivity (Wildman–Crippen MR) is 63.4 cm³/mol. The second kappa shape index (κ2) is 5.12. The first kappa shape index (κ1) is 12.7. The highest BCUT2D eigenvalue weighted by atomic mass is 79.9. The molecule has 0 aromatic heterocycles. The summed E-state index contributed by atoms with van der Waals surface area (Å²) < 4.78 is 0.912. The average molecular weight is 286 g/mol. The van der Waals surface area contributed by atoms with Gasteiger partial charge in [0.15, 0.2) is 0 Å². The molecule has 1 amide bonds. The third-order valence-electron chi connectivity index (χ3n) is 2.14. The van der Waals surface area contributed by atoms with Crippen molar-refractivity contribution in [1.82, 2.24) is 5.32 Å². The van der Waals surface area contributed by atoms with Crippen molar-refractivity contribution >= 4 is 27.8 Å². The summed E-state index contributed by atoms with van der Waals surface area (Å²) in [5.41, 5.74) is 1.38. The largest absolute Gasteiger partial charge is 0.480 e. The van der Waals surface area contributed by atoms with Crippen LogP contribution in [0.15, 0.2) is 22.7 Å². The van der Waals surface area contributed by atoms with Crippen molar-refractivity contribution in [2.75, 3.05) is 0 Å². The second-order valence-corrected chi connectivity index (χ2v) is 4.35. The molecule has 4 nitrogen and oxygen atoms in total. The van der Waals surface area contributed by atoms with Gasteiger partial charge in [-0.15, -0.1) is 0 Å². The van der Waals surface area contributed by atoms with Gasteiger partial charge in [0, 0.05) is 10.0 Å². The number of carbonyl (C=O) groups excluding carboxylic acids is 1. The normalized spacial score (nSPS) is 11.9. The Morgan fingerprint density at radius 1 is 1.44 bits per heavy atom. The van der Waals surface area contributed by atoms with Crippen LogP contribution in [0, 0.1) is 6.92 Å². The van der Waals surface area contributed by atoms with E-state index in [2.05, 4.69) is 21.2 Å². The minimum Gasteiger partial charge on any atom is -0.480 e. The van der Waals surface area contributed by atoms with Gasteiger partial charge >= 0.3 is 5.97 Å². The topological polar surface area (TPSA) is 66.4 Å². The number of rotatable bonds is 3. The van der Waals surface area contributed by atoms with Crippen LogP contribution in [0.4, 0.5) is 0 Å². The van der Waals surface area contributed by atoms with Gasteiger partial charge in [0.05, 0.1) is 0 Å². The van der Waals surface area contributed by atoms with E-state index in [-0.39, 0.29) is 5.91 Å². The van der Waals surface area contributed by atoms with E-state index < -0.39 is 12.0 Å². The SMILES string of the molecule is Cc1cc(C(=O)N[C@@H](C)C(=O)O)ccc1Br. The summed E-state index contributed by atoms with van der Waals surface area (Å²) in [6, 6.07) is 4.21. The highest BCUT2D eigenvalue weighted by Crippen LogP contribution is 2.17. The molecule has 0 heterocycles. The Balaban J connectivity index is 2.81. The molecule has 0 aliphatic carbocycles. The maximum Gasteiger partial charge on any atom is 0.325 e. The lowest BCUT2D eigenvalue weighted by Crippen LogP contribution is -2.38. The van der Waals surface area contributed by atoms with E-state index in [0.29, 0.717) is 5.56 Å². The Labute approximate surface area is 102 Å². The van der Waals surface area contributed by atoms with E-state index in [1.54, 1.807) is 18.2 Å². The molecule has 5 heteroatoms. The molecule has 16 heavy (non-hydrogen) atoms. The van der Waals surface area contributed by atoms with Gasteiger partial charge in [0.1, 0.15) is 6.04 Å². The molecule has 0 saturated carbocycles. The van der Waals surface area contributed by atoms with Gasteiger partial charge in [0.2, 0.25) is 0 Å². The Morgan fingerprint density at radius 3 is 2.56 bits per heavy atom. The van der Waals surface area contributed by atoms with E-state index in [9.17, 15) is 9.59 Å². The number of carboxylic acid groups (broad SMARTS) is 1. The van der Waals surface area contributed by atoms with Crippen molar-refractivity contribution in [3.63, 3.8) is 0 Å². The first-order chi connectivity index (χ1) is 7.41. The zero-order valence-corrected chi connectivity index (χ0v) is 10.5. The second-order valence-electron chi connectivity index (χ2n) is 3.50. The van der Waals surface area contributed by atoms with Crippen LogP contribution in [-0.2, 0) is 4.79 Å². The van der Waals surface area contributed by atoms with Crippen molar-refractivity contribution in [3.8, 4) is 0 Å². The highest BCUT2D eigenvalue weighted by molar-refractivity contribution is 9.10. The molecular formula is C11H12BrNO3. The van der Waals surface area contributed by atoms with Crippen molar-refractivity contribution in [3.05, 3.63) is 33.8 Å². The van der Waals surface area contributed by atoms with Crippen LogP contribution in [-0.4, -0.2) is 23.0 Å². The van der Waals surface area contributed by atoms with E-state index in [0.717, 1.165) is 10.0 Å². The summed E-state index contributed by atoms with van der Waals surface area (Å²) in [7, 11) is 0. The third-order valence-corrected chi connectivity index (χ3v) is 3.03. The molecule has 0 saturated heterocycles. The van der Waals surface area contributed by atoms with Gasteiger partial charge in [-0.3, -0.25) is 9.59 Å². The molecule has 0 aliphatic heterocycles. The predicted octanol–water partition coefficient (Wildman–Crippen LogP) is 1.96. The number of aryl methyl sites for hydroxylation is 1. The summed E-state index contributed by atoms with van der Waals surface area (Å²) in [6.07, 6.45) is 0. The lowest BCUT2D eigenvalue weighted by Gasteiger charge is -2.09. The monoisotopic (exact) mass is 285 g/mol. The average Bonchev–Trinajstić information content (AvgIpc) is 2.21. The molecule has 0 radical (unpaired) electrons. The molecule has 1 aromatic rings. The molecule has 0 spiro atoms. The molecular weight excluding hydrogens is 274 g/mol. The minimum absolute atomic E-state index is 0.384. The van der Waals surface area contributed by atoms with Crippen LogP contribution in [0.2, 0.25) is 0 Å². The fraction of sp³-hybridized carbons (Fsp3) is 0.273. The number of carbonyl (C=O) groups is 2. The van der Waals surface area contributed by atoms with Crippen LogP contribution < -0.4 is 5.32 Å². The zero-order valence-electron chi connectivity index (χ0n) is 8.95. The standard InChI is InChI=1S/C11H12BrNO3/c1-6-5-8(3-4-9(6)12)10(14)13-7(2)11(15)16/h3-5,7H,1-2H3,(H,13,14)(H,15,16)/t7-/m0/s1. The van der Waals surface area contributed by atoms with Gasteiger partial charge < -0.3 is 10.4 Å². The molecule has 0 aliphatic rings. The van der Waals surface area contributed by atoms with Crippen molar-refractivity contribution in [1.29, 1.82) is 0 Å². The van der Waals surface area contributed by atoms with Crippen LogP contribution >= 0.6 is 15.9 Å². The fourth-order valence-electron chi connectivity index (χ4n) is 1.13. The van der Waals surface area contributed by atoms with Gasteiger partial charge in [-0.05, 0) is 37.6 Å². The number of halogens is 1. The number of carboxylic acids is 1. The quantitative estimate of drug-likeness (QED) is 0.892. The summed E-state index contributed by atoms with van der Waals surface area (Å²) in [5.74, 6) is -1.44. The van der Waals surface area contributed by atoms with Crippen LogP contribution in [0.1, 0.15) is 22.8 Å². The first-order valence-corrected chi connectivity index (χ1v) is 5.51. The van der Waals surface area contributed by atoms with Crippen molar-refractivity contribution < 1.29 is 14.7 Å². The Morgan fingerprint density at radius 2 is 2.06 bits per heavy atom. The summed E-state index contributed by atoms with van der Waals surface area (Å²) in [5, 5.41) is 11.0. The van der Waals surface area contributed by atoms with Crippen molar-refractivity contribution in [2.24, 2.45) is 0 Å². The maximum atomic E-state index is 11.6. The number of amides is 1. The van der Waals surface area contributed by atoms with Gasteiger partial charge in [-0.25, -0.2) is 0 Å². The van der Waals surface area contributed by atoms with Gasteiger partial charge in [-0.1, -0.05) is 15.9 Å². The molecule has 0 unspecified atom stereocenters. The Kier molecular flexibility index (Phi) is 4.06. The van der Waals surface area contributed by atoms with Crippen LogP contribution in [0.3, 0.4) is 0 Å². The minimum atomic E-state index is -1.05. The molecule has 86 valence electrons. The fourth-order valence-corrected chi connectivity index (χ4v) is 1.37. The lowest BCUT2D eigenvalue weighted by atomic mass is 10.1. The Bertz CT molecular complexity index is 431. The lowest BCUT2D eigenvalue weighted by molar-refractivity contribution is -0.138. The van der Waals surface area contributed by atoms with Gasteiger partial charge in [0.25, 0.3) is 5.91 Å². The molecule has 0 bridgehead atoms. The number of aliphatic carboxylic acids is 1. The first-order valence-electron chi connectivity index (χ1n) is 4.71. The molecule has 1 atom stereocenters. The zero-order chi connectivity index (χ0) is 12.3. The van der Waals surface area contributed by atoms with E-state index in [4.69, 9.17) is 5.11 Å². The molecule has 1 rings (SSSR count). The van der Waals surface area contributed by atoms with E-state index in [1.807, 2.05) is 6.92 Å². The third kappa shape index (κ3) is 3.06. The molecule has 1 aromatic carbocycles. The maximum absolute atomic E-state index is 11.6. The van der Waals surface area contributed by atoms with Gasteiger partial charge in [-0.2, -0.15) is 0 Å². The van der Waals surface area contributed by atoms with E-state index >= 15 is 0 Å². The van der Waals surface area contributed by atoms with Crippen LogP contribution in [0.25, 0.3) is 0 Å². The molecule has 0 fully saturated rings. The summed E-state index contributed by atoms with van der Waals surface area (Å²) in [4.78, 5) is 22.2. The number of benzene rings is 1. The number of hydrogen-bond acceptors (Lipinski definition) is 2. The smallest absolute Gasteiger partial charge is 0.325 e. The number of hydrogen-bond donors (Lipinski definition) is 2. The van der Waals surface area contributed by atoms with Crippen molar-refractivity contribution in [2.45, 2.75) is 19.9 Å². The Hall–Kier alpha value is -1.36. The summed E-state index contributed by atoms with van der Waals surface area (Å²) >= 11 is 3.33. The van der Waals surface area contributed by atoms with Crippen LogP contribution in [0.5, 0.6) is 0 Å². The molecule has 2 N–H and O–H groups in total. The number of nitrogens with one attached hydrogen (secondary N) is 1. The highest BCUT2D eigenvalue weighted by Gasteiger charge is 2.15. The summed E-state index contributed by atoms with van der Waals surface area (Å²) in [6.45, 7) is 3.29.